The summed E-state index contributed by atoms with van der Waals surface area (Å²) in [6.45, 7) is -0.176. The van der Waals surface area contributed by atoms with Crippen LogP contribution in [0.2, 0.25) is 0 Å². The van der Waals surface area contributed by atoms with Crippen LogP contribution in [0.25, 0.3) is 0 Å². The molecule has 0 saturated heterocycles. The molecule has 0 fully saturated rings. The maximum atomic E-state index is 12.5. The van der Waals surface area contributed by atoms with Gasteiger partial charge in [-0.05, 0) is 35.7 Å². The molecule has 0 radical (unpaired) electrons. The molecule has 3 aromatic rings. The van der Waals surface area contributed by atoms with Crippen LogP contribution < -0.4 is 9.46 Å². The second kappa shape index (κ2) is 8.03. The average Bonchev–Trinajstić information content (AvgIpc) is 3.30. The van der Waals surface area contributed by atoms with Crippen molar-refractivity contribution in [3.63, 3.8) is 0 Å². The Hall–Kier alpha value is -2.21. The molecule has 0 amide bonds. The molecule has 1 aromatic carbocycles. The molecule has 148 valence electrons. The number of thiophene rings is 2. The summed E-state index contributed by atoms with van der Waals surface area (Å²) in [6.07, 6.45) is -5.02. The summed E-state index contributed by atoms with van der Waals surface area (Å²) < 4.78 is 68.3. The summed E-state index contributed by atoms with van der Waals surface area (Å²) in [7, 11) is -4.27. The molecule has 0 bridgehead atoms. The average molecular weight is 447 g/mol. The molecule has 1 N–H and O–H groups in total. The van der Waals surface area contributed by atoms with Gasteiger partial charge in [0.15, 0.2) is 0 Å². The number of rotatable bonds is 7. The number of hydrogen-bond donors (Lipinski definition) is 1. The molecule has 0 aliphatic carbocycles. The number of benzene rings is 1. The van der Waals surface area contributed by atoms with Crippen LogP contribution in [0, 0.1) is 0 Å². The first-order valence-corrected chi connectivity index (χ1v) is 10.9. The second-order valence-corrected chi connectivity index (χ2v) is 9.11. The van der Waals surface area contributed by atoms with Gasteiger partial charge in [0.1, 0.15) is 10.6 Å². The molecule has 0 atom stereocenters. The maximum Gasteiger partial charge on any atom is 0.573 e. The Bertz CT molecular complexity index is 1070. The van der Waals surface area contributed by atoms with Crippen molar-refractivity contribution in [2.75, 3.05) is 0 Å². The van der Waals surface area contributed by atoms with E-state index in [0.29, 0.717) is 15.3 Å². The Morgan fingerprint density at radius 3 is 2.54 bits per heavy atom. The van der Waals surface area contributed by atoms with Gasteiger partial charge in [0.2, 0.25) is 15.8 Å². The Kier molecular flexibility index (Phi) is 5.89. The molecule has 0 aliphatic heterocycles. The molecule has 28 heavy (non-hydrogen) atoms. The van der Waals surface area contributed by atoms with Gasteiger partial charge in [-0.3, -0.25) is 4.79 Å². The van der Waals surface area contributed by atoms with Gasteiger partial charge in [0.25, 0.3) is 0 Å². The van der Waals surface area contributed by atoms with Gasteiger partial charge in [0.05, 0.1) is 4.88 Å². The smallest absolute Gasteiger partial charge is 0.404 e. The van der Waals surface area contributed by atoms with E-state index in [1.807, 2.05) is 0 Å². The zero-order valence-corrected chi connectivity index (χ0v) is 16.3. The minimum Gasteiger partial charge on any atom is -0.404 e. The van der Waals surface area contributed by atoms with E-state index in [1.165, 1.54) is 23.5 Å². The van der Waals surface area contributed by atoms with Gasteiger partial charge < -0.3 is 4.74 Å². The number of carbonyl (C=O) groups excluding carboxylic acids is 1. The molecule has 2 aromatic heterocycles. The zero-order chi connectivity index (χ0) is 20.4. The fourth-order valence-electron chi connectivity index (χ4n) is 2.26. The number of hydrogen-bond acceptors (Lipinski definition) is 6. The predicted octanol–water partition coefficient (Wildman–Crippen LogP) is 4.42. The van der Waals surface area contributed by atoms with Gasteiger partial charge in [-0.1, -0.05) is 12.1 Å². The van der Waals surface area contributed by atoms with Crippen molar-refractivity contribution in [3.05, 3.63) is 68.5 Å². The first-order chi connectivity index (χ1) is 13.2. The van der Waals surface area contributed by atoms with Gasteiger partial charge in [-0.15, -0.1) is 24.5 Å². The largest absolute Gasteiger partial charge is 0.573 e. The fraction of sp³-hybridized carbons (Fsp3) is 0.118. The van der Waals surface area contributed by atoms with Crippen molar-refractivity contribution in [3.8, 4) is 5.75 Å². The van der Waals surface area contributed by atoms with Gasteiger partial charge >= 0.3 is 6.36 Å². The topological polar surface area (TPSA) is 72.5 Å². The van der Waals surface area contributed by atoms with E-state index in [2.05, 4.69) is 9.46 Å². The van der Waals surface area contributed by atoms with Gasteiger partial charge in [0, 0.05) is 22.4 Å². The molecule has 11 heteroatoms. The first kappa shape index (κ1) is 20.5. The van der Waals surface area contributed by atoms with Crippen LogP contribution in [-0.2, 0) is 16.6 Å². The Morgan fingerprint density at radius 2 is 1.86 bits per heavy atom. The molecule has 0 unspecified atom stereocenters. The van der Waals surface area contributed by atoms with Crippen LogP contribution in [0.5, 0.6) is 5.75 Å². The Labute approximate surface area is 166 Å². The van der Waals surface area contributed by atoms with E-state index < -0.39 is 27.0 Å². The Morgan fingerprint density at radius 1 is 1.11 bits per heavy atom. The molecule has 3 rings (SSSR count). The van der Waals surface area contributed by atoms with Crippen molar-refractivity contribution < 1.29 is 31.1 Å². The minimum absolute atomic E-state index is 0.176. The number of halogens is 3. The van der Waals surface area contributed by atoms with E-state index in [0.717, 1.165) is 23.5 Å². The highest BCUT2D eigenvalue weighted by molar-refractivity contribution is 7.89. The number of para-hydroxylation sites is 1. The number of sulfonamides is 1. The van der Waals surface area contributed by atoms with Crippen LogP contribution in [0.4, 0.5) is 13.2 Å². The summed E-state index contributed by atoms with van der Waals surface area (Å²) in [5.41, 5.74) is 0.539. The summed E-state index contributed by atoms with van der Waals surface area (Å²) in [4.78, 5) is 12.6. The van der Waals surface area contributed by atoms with Crippen molar-refractivity contribution >= 4 is 38.5 Å². The van der Waals surface area contributed by atoms with E-state index in [1.54, 1.807) is 29.0 Å². The van der Waals surface area contributed by atoms with Gasteiger partial charge in [-0.25, -0.2) is 13.1 Å². The lowest BCUT2D eigenvalue weighted by atomic mass is 10.2. The second-order valence-electron chi connectivity index (χ2n) is 5.43. The molecule has 0 aliphatic rings. The molecular formula is C17H12F3NO4S3. The normalized spacial score (nSPS) is 12.1. The van der Waals surface area contributed by atoms with E-state index in [4.69, 9.17) is 0 Å². The highest BCUT2D eigenvalue weighted by atomic mass is 32.2. The summed E-state index contributed by atoms with van der Waals surface area (Å²) in [5, 5.41) is 3.48. The summed E-state index contributed by atoms with van der Waals surface area (Å²) in [6, 6.07) is 9.32. The number of alkyl halides is 3. The maximum absolute atomic E-state index is 12.5. The molecular weight excluding hydrogens is 435 g/mol. The van der Waals surface area contributed by atoms with Gasteiger partial charge in [-0.2, -0.15) is 11.3 Å². The molecule has 5 nitrogen and oxygen atoms in total. The predicted molar refractivity (Wildman–Crippen MR) is 99.2 cm³/mol. The van der Waals surface area contributed by atoms with Crippen LogP contribution in [0.3, 0.4) is 0 Å². The third-order valence-corrected chi connectivity index (χ3v) is 6.68. The molecule has 2 heterocycles. The van der Waals surface area contributed by atoms with E-state index in [9.17, 15) is 26.4 Å². The summed E-state index contributed by atoms with van der Waals surface area (Å²) in [5.74, 6) is -0.994. The Balaban J connectivity index is 1.74. The molecule has 0 spiro atoms. The fourth-order valence-corrected chi connectivity index (χ4v) is 5.03. The SMILES string of the molecule is O=C(c1ccsc1)c1ccc(CNS(=O)(=O)c2ccccc2OC(F)(F)F)s1. The van der Waals surface area contributed by atoms with Crippen molar-refractivity contribution in [1.82, 2.24) is 4.72 Å². The first-order valence-electron chi connectivity index (χ1n) is 7.66. The number of ether oxygens (including phenoxy) is 1. The van der Waals surface area contributed by atoms with Crippen LogP contribution >= 0.6 is 22.7 Å². The summed E-state index contributed by atoms with van der Waals surface area (Å²) >= 11 is 2.49. The van der Waals surface area contributed by atoms with Crippen molar-refractivity contribution in [2.24, 2.45) is 0 Å². The molecule has 0 saturated carbocycles. The monoisotopic (exact) mass is 447 g/mol. The van der Waals surface area contributed by atoms with Crippen molar-refractivity contribution in [2.45, 2.75) is 17.8 Å². The zero-order valence-electron chi connectivity index (χ0n) is 13.9. The third-order valence-electron chi connectivity index (χ3n) is 3.47. The lowest BCUT2D eigenvalue weighted by molar-refractivity contribution is -0.275. The minimum atomic E-state index is -5.02. The van der Waals surface area contributed by atoms with Crippen LogP contribution in [-0.4, -0.2) is 20.6 Å². The lowest BCUT2D eigenvalue weighted by Crippen LogP contribution is -2.25. The van der Waals surface area contributed by atoms with Crippen LogP contribution in [0.15, 0.2) is 58.1 Å². The number of nitrogens with one attached hydrogen (secondary N) is 1. The third kappa shape index (κ3) is 4.98. The standard InChI is InChI=1S/C17H12F3NO4S3/c18-17(19,20)25-13-3-1-2-4-15(13)28(23,24)21-9-12-5-6-14(27-12)16(22)11-7-8-26-10-11/h1-8,10,21H,9H2. The van der Waals surface area contributed by atoms with Crippen LogP contribution in [0.1, 0.15) is 20.1 Å². The van der Waals surface area contributed by atoms with Crippen molar-refractivity contribution in [1.29, 1.82) is 0 Å². The highest BCUT2D eigenvalue weighted by Crippen LogP contribution is 2.29. The van der Waals surface area contributed by atoms with E-state index >= 15 is 0 Å². The number of carbonyl (C=O) groups is 1. The quantitative estimate of drug-likeness (QED) is 0.545. The van der Waals surface area contributed by atoms with E-state index in [-0.39, 0.29) is 12.3 Å². The highest BCUT2D eigenvalue weighted by Gasteiger charge is 2.34. The number of ketones is 1. The lowest BCUT2D eigenvalue weighted by Gasteiger charge is -2.13.